The summed E-state index contributed by atoms with van der Waals surface area (Å²) in [6.07, 6.45) is 11.5. The van der Waals surface area contributed by atoms with Gasteiger partial charge in [-0.15, -0.1) is 0 Å². The maximum Gasteiger partial charge on any atom is 0.0367 e. The maximum absolute atomic E-state index is 3.19. The lowest BCUT2D eigenvalue weighted by Gasteiger charge is -2.30. The average molecular weight is 199 g/mol. The van der Waals surface area contributed by atoms with Crippen molar-refractivity contribution in [3.05, 3.63) is 12.2 Å². The highest BCUT2D eigenvalue weighted by Crippen LogP contribution is 2.23. The van der Waals surface area contributed by atoms with Crippen LogP contribution in [0.1, 0.15) is 46.0 Å². The normalized spacial score (nSPS) is 29.9. The number of rotatable bonds is 1. The summed E-state index contributed by atoms with van der Waals surface area (Å²) in [7, 11) is 1.99. The van der Waals surface area contributed by atoms with Crippen molar-refractivity contribution >= 4 is 0 Å². The predicted octanol–water partition coefficient (Wildman–Crippen LogP) is 2.30. The first-order valence-corrected chi connectivity index (χ1v) is 5.53. The molecule has 0 amide bonds. The molecule has 0 aromatic rings. The molecule has 0 bridgehead atoms. The van der Waals surface area contributed by atoms with Crippen molar-refractivity contribution in [3.63, 3.8) is 0 Å². The molecule has 0 spiro atoms. The van der Waals surface area contributed by atoms with Crippen LogP contribution >= 0.6 is 0 Å². The summed E-state index contributed by atoms with van der Waals surface area (Å²) in [5.41, 5.74) is 0.333. The summed E-state index contributed by atoms with van der Waals surface area (Å²) in [5, 5.41) is 3.19. The zero-order valence-electron chi connectivity index (χ0n) is 9.77. The average Bonchev–Trinajstić information content (AvgIpc) is 2.53. The van der Waals surface area contributed by atoms with Gasteiger partial charge in [-0.25, -0.2) is 0 Å². The Balaban J connectivity index is 0.000000227. The van der Waals surface area contributed by atoms with Crippen molar-refractivity contribution in [1.29, 1.82) is 0 Å². The first-order valence-electron chi connectivity index (χ1n) is 5.53. The molecule has 3 N–H and O–H groups in total. The molecular weight excluding hydrogens is 174 g/mol. The molecule has 0 aromatic heterocycles. The van der Waals surface area contributed by atoms with Crippen LogP contribution in [0.5, 0.6) is 0 Å². The number of nitrogens with one attached hydrogen (secondary N) is 1. The molecule has 2 heteroatoms. The van der Waals surface area contributed by atoms with Crippen LogP contribution in [0.3, 0.4) is 0 Å². The van der Waals surface area contributed by atoms with Gasteiger partial charge in [0.1, 0.15) is 0 Å². The van der Waals surface area contributed by atoms with Gasteiger partial charge in [-0.05, 0) is 26.3 Å². The van der Waals surface area contributed by atoms with Gasteiger partial charge in [-0.2, -0.15) is 0 Å². The molecule has 0 radical (unpaired) electrons. The highest BCUT2D eigenvalue weighted by atomic mass is 16.0. The molecule has 0 aliphatic heterocycles. The van der Waals surface area contributed by atoms with Gasteiger partial charge in [0.15, 0.2) is 0 Å². The second-order valence-corrected chi connectivity index (χ2v) is 4.66. The smallest absolute Gasteiger partial charge is 0.0367 e. The lowest BCUT2D eigenvalue weighted by molar-refractivity contribution is 0.448. The Kier molecular flexibility index (Phi) is 6.05. The Morgan fingerprint density at radius 3 is 1.86 bits per heavy atom. The van der Waals surface area contributed by atoms with E-state index in [1.165, 1.54) is 32.1 Å². The summed E-state index contributed by atoms with van der Waals surface area (Å²) in [6, 6.07) is 0. The fourth-order valence-corrected chi connectivity index (χ4v) is 1.79. The summed E-state index contributed by atoms with van der Waals surface area (Å²) >= 11 is 0. The number of hydrogen-bond acceptors (Lipinski definition) is 1. The minimum absolute atomic E-state index is 0. The van der Waals surface area contributed by atoms with Crippen molar-refractivity contribution in [3.8, 4) is 0 Å². The van der Waals surface area contributed by atoms with E-state index in [1.807, 2.05) is 7.05 Å². The Bertz CT molecular complexity index is 173. The van der Waals surface area contributed by atoms with Gasteiger partial charge >= 0.3 is 0 Å². The minimum Gasteiger partial charge on any atom is -0.412 e. The van der Waals surface area contributed by atoms with Crippen LogP contribution in [-0.2, 0) is 0 Å². The Morgan fingerprint density at radius 1 is 1.29 bits per heavy atom. The number of likely N-dealkylation sites (N-methyl/N-ethyl adjacent to an activating group) is 1. The van der Waals surface area contributed by atoms with Crippen LogP contribution in [0.2, 0.25) is 0 Å². The third-order valence-electron chi connectivity index (χ3n) is 3.24. The largest absolute Gasteiger partial charge is 0.412 e. The molecule has 1 atom stereocenters. The fraction of sp³-hybridized carbons (Fsp3) is 0.833. The molecule has 1 fully saturated rings. The van der Waals surface area contributed by atoms with E-state index in [2.05, 4.69) is 31.3 Å². The van der Waals surface area contributed by atoms with E-state index in [0.29, 0.717) is 5.54 Å². The van der Waals surface area contributed by atoms with E-state index < -0.39 is 0 Å². The van der Waals surface area contributed by atoms with E-state index in [4.69, 9.17) is 0 Å². The Morgan fingerprint density at radius 2 is 1.79 bits per heavy atom. The highest BCUT2D eigenvalue weighted by molar-refractivity contribution is 5.16. The zero-order valence-corrected chi connectivity index (χ0v) is 9.77. The lowest BCUT2D eigenvalue weighted by Crippen LogP contribution is -2.41. The van der Waals surface area contributed by atoms with E-state index in [9.17, 15) is 0 Å². The first-order chi connectivity index (χ1) is 6.16. The third-order valence-corrected chi connectivity index (χ3v) is 3.24. The SMILES string of the molecule is CC1CCCC1.CNC1(C)C=CC1.O. The monoisotopic (exact) mass is 199 g/mol. The molecule has 2 aliphatic carbocycles. The van der Waals surface area contributed by atoms with Gasteiger partial charge in [0.25, 0.3) is 0 Å². The number of hydrogen-bond donors (Lipinski definition) is 1. The second-order valence-electron chi connectivity index (χ2n) is 4.66. The highest BCUT2D eigenvalue weighted by Gasteiger charge is 2.21. The van der Waals surface area contributed by atoms with E-state index in [0.717, 1.165) is 5.92 Å². The van der Waals surface area contributed by atoms with Gasteiger partial charge in [-0.3, -0.25) is 0 Å². The van der Waals surface area contributed by atoms with Gasteiger partial charge in [0.05, 0.1) is 0 Å². The van der Waals surface area contributed by atoms with Crippen molar-refractivity contribution in [1.82, 2.24) is 5.32 Å². The molecule has 1 unspecified atom stereocenters. The molecular formula is C12H25NO. The molecule has 84 valence electrons. The van der Waals surface area contributed by atoms with Crippen molar-refractivity contribution in [2.45, 2.75) is 51.5 Å². The van der Waals surface area contributed by atoms with Gasteiger partial charge in [0, 0.05) is 5.54 Å². The van der Waals surface area contributed by atoms with Crippen molar-refractivity contribution in [2.75, 3.05) is 7.05 Å². The molecule has 14 heavy (non-hydrogen) atoms. The van der Waals surface area contributed by atoms with Gasteiger partial charge in [-0.1, -0.05) is 44.8 Å². The summed E-state index contributed by atoms with van der Waals surface area (Å²) in [6.45, 7) is 4.53. The predicted molar refractivity (Wildman–Crippen MR) is 62.5 cm³/mol. The van der Waals surface area contributed by atoms with Crippen LogP contribution in [0, 0.1) is 5.92 Å². The zero-order chi connectivity index (χ0) is 9.73. The fourth-order valence-electron chi connectivity index (χ4n) is 1.79. The van der Waals surface area contributed by atoms with Gasteiger partial charge in [0.2, 0.25) is 0 Å². The summed E-state index contributed by atoms with van der Waals surface area (Å²) in [4.78, 5) is 0. The molecule has 0 saturated heterocycles. The van der Waals surface area contributed by atoms with Crippen LogP contribution < -0.4 is 5.32 Å². The molecule has 0 aromatic carbocycles. The molecule has 2 rings (SSSR count). The van der Waals surface area contributed by atoms with E-state index >= 15 is 0 Å². The molecule has 2 aliphatic rings. The van der Waals surface area contributed by atoms with Crippen LogP contribution in [-0.4, -0.2) is 18.1 Å². The van der Waals surface area contributed by atoms with Crippen LogP contribution in [0.15, 0.2) is 12.2 Å². The first kappa shape index (κ1) is 13.7. The lowest BCUT2D eigenvalue weighted by atomic mass is 9.88. The Hall–Kier alpha value is -0.340. The van der Waals surface area contributed by atoms with Crippen LogP contribution in [0.25, 0.3) is 0 Å². The van der Waals surface area contributed by atoms with E-state index in [1.54, 1.807) is 0 Å². The minimum atomic E-state index is 0. The van der Waals surface area contributed by atoms with E-state index in [-0.39, 0.29) is 5.48 Å². The summed E-state index contributed by atoms with van der Waals surface area (Å²) in [5.74, 6) is 1.05. The van der Waals surface area contributed by atoms with Gasteiger partial charge < -0.3 is 10.8 Å². The topological polar surface area (TPSA) is 43.5 Å². The molecule has 1 saturated carbocycles. The second kappa shape index (κ2) is 6.20. The van der Waals surface area contributed by atoms with Crippen molar-refractivity contribution in [2.24, 2.45) is 5.92 Å². The Labute approximate surface area is 88.1 Å². The standard InChI is InChI=1S/C6H11N.C6H12.H2O/c1-6(7-2)4-3-5-6;1-6-4-2-3-5-6;/h3-4,7H,5H2,1-2H3;6H,2-5H2,1H3;1H2. The maximum atomic E-state index is 3.19. The molecule has 0 heterocycles. The third kappa shape index (κ3) is 4.25. The summed E-state index contributed by atoms with van der Waals surface area (Å²) < 4.78 is 0. The quantitative estimate of drug-likeness (QED) is 0.647. The van der Waals surface area contributed by atoms with Crippen molar-refractivity contribution < 1.29 is 5.48 Å². The van der Waals surface area contributed by atoms with Crippen LogP contribution in [0.4, 0.5) is 0 Å². The molecule has 2 nitrogen and oxygen atoms in total.